The Kier molecular flexibility index (Phi) is 4.21. The summed E-state index contributed by atoms with van der Waals surface area (Å²) in [5.74, 6) is -1.27. The molecule has 1 heterocycles. The van der Waals surface area contributed by atoms with Gasteiger partial charge in [-0.15, -0.1) is 0 Å². The van der Waals surface area contributed by atoms with E-state index in [1.54, 1.807) is 31.3 Å². The first kappa shape index (κ1) is 15.4. The van der Waals surface area contributed by atoms with Gasteiger partial charge in [-0.1, -0.05) is 11.6 Å². The topological polar surface area (TPSA) is 37.3 Å². The molecule has 116 valence electrons. The van der Waals surface area contributed by atoms with Crippen LogP contribution >= 0.6 is 11.6 Å². The van der Waals surface area contributed by atoms with Gasteiger partial charge in [0.25, 0.3) is 0 Å². The Balaban J connectivity index is 1.93. The molecule has 0 spiro atoms. The Morgan fingerprint density at radius 1 is 1.13 bits per heavy atom. The lowest BCUT2D eigenvalue weighted by atomic mass is 10.1. The molecule has 0 bridgehead atoms. The lowest BCUT2D eigenvalue weighted by Crippen LogP contribution is -2.03. The number of anilines is 1. The van der Waals surface area contributed by atoms with Gasteiger partial charge >= 0.3 is 0 Å². The van der Waals surface area contributed by atoms with Crippen molar-refractivity contribution >= 4 is 33.9 Å². The summed E-state index contributed by atoms with van der Waals surface area (Å²) in [5.41, 5.74) is 4.97. The molecule has 0 saturated heterocycles. The van der Waals surface area contributed by atoms with Crippen molar-refractivity contribution in [3.63, 3.8) is 0 Å². The summed E-state index contributed by atoms with van der Waals surface area (Å²) in [6.45, 7) is 1.64. The molecule has 3 nitrogen and oxygen atoms in total. The molecule has 1 aromatic heterocycles. The van der Waals surface area contributed by atoms with Crippen molar-refractivity contribution in [1.82, 2.24) is 4.98 Å². The number of hydrogen-bond acceptors (Lipinski definition) is 3. The normalized spacial score (nSPS) is 11.7. The van der Waals surface area contributed by atoms with Crippen molar-refractivity contribution in [3.05, 3.63) is 70.9 Å². The fourth-order valence-corrected chi connectivity index (χ4v) is 2.37. The second-order valence-electron chi connectivity index (χ2n) is 4.95. The number of rotatable bonds is 3. The highest BCUT2D eigenvalue weighted by Crippen LogP contribution is 2.24. The van der Waals surface area contributed by atoms with Crippen LogP contribution < -0.4 is 5.43 Å². The van der Waals surface area contributed by atoms with E-state index >= 15 is 0 Å². The van der Waals surface area contributed by atoms with Gasteiger partial charge in [0.05, 0.1) is 16.9 Å². The van der Waals surface area contributed by atoms with Gasteiger partial charge in [0.15, 0.2) is 0 Å². The van der Waals surface area contributed by atoms with Crippen molar-refractivity contribution in [3.8, 4) is 0 Å². The SMILES string of the molecule is C/C(=N/Nc1ccnc2cc(Cl)ccc12)c1ccc(F)cc1F. The van der Waals surface area contributed by atoms with Crippen molar-refractivity contribution in [2.24, 2.45) is 5.10 Å². The molecule has 0 aliphatic heterocycles. The third-order valence-corrected chi connectivity index (χ3v) is 3.60. The molecule has 23 heavy (non-hydrogen) atoms. The average molecular weight is 332 g/mol. The van der Waals surface area contributed by atoms with Crippen LogP contribution in [-0.2, 0) is 0 Å². The first-order valence-electron chi connectivity index (χ1n) is 6.84. The lowest BCUT2D eigenvalue weighted by molar-refractivity contribution is 0.581. The molecule has 0 amide bonds. The molecule has 0 aliphatic rings. The fraction of sp³-hybridized carbons (Fsp3) is 0.0588. The predicted octanol–water partition coefficient (Wildman–Crippen LogP) is 5.00. The first-order valence-corrected chi connectivity index (χ1v) is 7.22. The van der Waals surface area contributed by atoms with E-state index < -0.39 is 11.6 Å². The molecule has 2 aromatic carbocycles. The van der Waals surface area contributed by atoms with Crippen molar-refractivity contribution in [2.75, 3.05) is 5.43 Å². The molecule has 3 aromatic rings. The van der Waals surface area contributed by atoms with Crippen molar-refractivity contribution < 1.29 is 8.78 Å². The van der Waals surface area contributed by atoms with E-state index in [1.807, 2.05) is 6.07 Å². The zero-order valence-electron chi connectivity index (χ0n) is 12.1. The number of pyridine rings is 1. The van der Waals surface area contributed by atoms with Gasteiger partial charge in [0, 0.05) is 28.2 Å². The Morgan fingerprint density at radius 2 is 1.96 bits per heavy atom. The number of aromatic nitrogens is 1. The fourth-order valence-electron chi connectivity index (χ4n) is 2.21. The zero-order chi connectivity index (χ0) is 16.4. The first-order chi connectivity index (χ1) is 11.0. The predicted molar refractivity (Wildman–Crippen MR) is 88.9 cm³/mol. The molecular weight excluding hydrogens is 320 g/mol. The second-order valence-corrected chi connectivity index (χ2v) is 5.39. The molecule has 0 fully saturated rings. The monoisotopic (exact) mass is 331 g/mol. The van der Waals surface area contributed by atoms with E-state index in [9.17, 15) is 8.78 Å². The molecule has 1 N–H and O–H groups in total. The Morgan fingerprint density at radius 3 is 2.74 bits per heavy atom. The highest BCUT2D eigenvalue weighted by molar-refractivity contribution is 6.31. The van der Waals surface area contributed by atoms with Crippen LogP contribution in [0, 0.1) is 11.6 Å². The molecule has 0 aliphatic carbocycles. The zero-order valence-corrected chi connectivity index (χ0v) is 12.9. The number of nitrogens with zero attached hydrogens (tertiary/aromatic N) is 2. The van der Waals surface area contributed by atoms with Gasteiger partial charge in [-0.05, 0) is 43.3 Å². The van der Waals surface area contributed by atoms with Gasteiger partial charge in [-0.25, -0.2) is 8.78 Å². The largest absolute Gasteiger partial charge is 0.277 e. The van der Waals surface area contributed by atoms with Gasteiger partial charge in [0.2, 0.25) is 0 Å². The minimum absolute atomic E-state index is 0.236. The minimum atomic E-state index is -0.653. The molecule has 6 heteroatoms. The van der Waals surface area contributed by atoms with Gasteiger partial charge in [-0.3, -0.25) is 10.4 Å². The number of nitrogens with one attached hydrogen (secondary N) is 1. The minimum Gasteiger partial charge on any atom is -0.277 e. The van der Waals surface area contributed by atoms with Crippen LogP contribution in [0.2, 0.25) is 5.02 Å². The molecule has 0 radical (unpaired) electrons. The standard InChI is InChI=1S/C17H12ClF2N3/c1-10(13-5-3-12(19)9-15(13)20)22-23-16-6-7-21-17-8-11(18)2-4-14(16)17/h2-9H,1H3,(H,21,23)/b22-10-. The van der Waals surface area contributed by atoms with E-state index in [2.05, 4.69) is 15.5 Å². The molecular formula is C17H12ClF2N3. The van der Waals surface area contributed by atoms with Gasteiger partial charge in [-0.2, -0.15) is 5.10 Å². The van der Waals surface area contributed by atoms with Crippen LogP contribution in [-0.4, -0.2) is 10.7 Å². The van der Waals surface area contributed by atoms with Crippen molar-refractivity contribution in [1.29, 1.82) is 0 Å². The highest BCUT2D eigenvalue weighted by Gasteiger charge is 2.07. The smallest absolute Gasteiger partial charge is 0.135 e. The van der Waals surface area contributed by atoms with Crippen LogP contribution in [0.25, 0.3) is 10.9 Å². The maximum atomic E-state index is 13.8. The van der Waals surface area contributed by atoms with E-state index in [4.69, 9.17) is 11.6 Å². The molecule has 3 rings (SSSR count). The summed E-state index contributed by atoms with van der Waals surface area (Å²) in [6, 6.07) is 10.5. The second kappa shape index (κ2) is 6.30. The number of fused-ring (bicyclic) bond motifs is 1. The van der Waals surface area contributed by atoms with Crippen LogP contribution in [0.5, 0.6) is 0 Å². The van der Waals surface area contributed by atoms with Gasteiger partial charge in [0.1, 0.15) is 11.6 Å². The Hall–Kier alpha value is -2.53. The molecule has 0 saturated carbocycles. The summed E-state index contributed by atoms with van der Waals surface area (Å²) >= 11 is 5.95. The van der Waals surface area contributed by atoms with Crippen LogP contribution in [0.4, 0.5) is 14.5 Å². The number of hydrogen-bond donors (Lipinski definition) is 1. The van der Waals surface area contributed by atoms with E-state index in [-0.39, 0.29) is 5.56 Å². The third kappa shape index (κ3) is 3.29. The number of hydrazone groups is 1. The summed E-state index contributed by atoms with van der Waals surface area (Å²) < 4.78 is 26.7. The number of halogens is 3. The van der Waals surface area contributed by atoms with Crippen LogP contribution in [0.1, 0.15) is 12.5 Å². The van der Waals surface area contributed by atoms with E-state index in [0.717, 1.165) is 17.0 Å². The Bertz CT molecular complexity index is 909. The van der Waals surface area contributed by atoms with Crippen molar-refractivity contribution in [2.45, 2.75) is 6.92 Å². The number of benzene rings is 2. The summed E-state index contributed by atoms with van der Waals surface area (Å²) in [4.78, 5) is 4.24. The Labute approximate surface area is 136 Å². The van der Waals surface area contributed by atoms with Crippen LogP contribution in [0.3, 0.4) is 0 Å². The maximum Gasteiger partial charge on any atom is 0.135 e. The molecule has 0 unspecified atom stereocenters. The molecule has 0 atom stereocenters. The highest BCUT2D eigenvalue weighted by atomic mass is 35.5. The van der Waals surface area contributed by atoms with E-state index in [0.29, 0.717) is 16.4 Å². The van der Waals surface area contributed by atoms with E-state index in [1.165, 1.54) is 12.1 Å². The van der Waals surface area contributed by atoms with Crippen LogP contribution in [0.15, 0.2) is 53.8 Å². The van der Waals surface area contributed by atoms with Gasteiger partial charge < -0.3 is 0 Å². The summed E-state index contributed by atoms with van der Waals surface area (Å²) in [5, 5.41) is 5.60. The lowest BCUT2D eigenvalue weighted by Gasteiger charge is -2.07. The summed E-state index contributed by atoms with van der Waals surface area (Å²) in [6.07, 6.45) is 1.63. The maximum absolute atomic E-state index is 13.8. The quantitative estimate of drug-likeness (QED) is 0.541. The average Bonchev–Trinajstić information content (AvgIpc) is 2.52. The summed E-state index contributed by atoms with van der Waals surface area (Å²) in [7, 11) is 0. The third-order valence-electron chi connectivity index (χ3n) is 3.37.